The molecule has 0 spiro atoms. The second-order valence-corrected chi connectivity index (χ2v) is 5.47. The second-order valence-electron chi connectivity index (χ2n) is 5.07. The minimum absolute atomic E-state index is 0.151. The van der Waals surface area contributed by atoms with Gasteiger partial charge in [-0.2, -0.15) is 0 Å². The number of carbonyl (C=O) groups excluding carboxylic acids is 1. The van der Waals surface area contributed by atoms with Gasteiger partial charge in [-0.05, 0) is 24.5 Å². The Kier molecular flexibility index (Phi) is 5.67. The number of amides is 1. The third-order valence-electron chi connectivity index (χ3n) is 3.52. The molecule has 2 rings (SSSR count). The van der Waals surface area contributed by atoms with Crippen molar-refractivity contribution in [1.29, 1.82) is 0 Å². The molecule has 1 aromatic carbocycles. The molecule has 2 N–H and O–H groups in total. The van der Waals surface area contributed by atoms with Gasteiger partial charge >= 0.3 is 0 Å². The molecule has 0 bridgehead atoms. The highest BCUT2D eigenvalue weighted by Gasteiger charge is 2.16. The lowest BCUT2D eigenvalue weighted by atomic mass is 10.2. The van der Waals surface area contributed by atoms with E-state index in [1.165, 1.54) is 12.8 Å². The summed E-state index contributed by atoms with van der Waals surface area (Å²) in [6.07, 6.45) is 5.30. The van der Waals surface area contributed by atoms with Gasteiger partial charge in [0.05, 0.1) is 0 Å². The van der Waals surface area contributed by atoms with Gasteiger partial charge in [0.1, 0.15) is 0 Å². The zero-order valence-electron chi connectivity index (χ0n) is 11.1. The number of hydrogen-bond acceptors (Lipinski definition) is 2. The maximum absolute atomic E-state index is 11.7. The molecule has 3 nitrogen and oxygen atoms in total. The monoisotopic (exact) mass is 280 g/mol. The van der Waals surface area contributed by atoms with Crippen molar-refractivity contribution in [2.75, 3.05) is 6.54 Å². The van der Waals surface area contributed by atoms with Crippen LogP contribution < -0.4 is 10.6 Å². The summed E-state index contributed by atoms with van der Waals surface area (Å²) in [5.74, 6) is 0.151. The Balaban J connectivity index is 1.61. The SMILES string of the molecule is O=C(CCNCc1ccccc1Cl)NC1CCCC1. The van der Waals surface area contributed by atoms with E-state index in [1.807, 2.05) is 24.3 Å². The summed E-state index contributed by atoms with van der Waals surface area (Å²) in [4.78, 5) is 11.7. The van der Waals surface area contributed by atoms with E-state index in [-0.39, 0.29) is 5.91 Å². The molecule has 104 valence electrons. The number of rotatable bonds is 6. The van der Waals surface area contributed by atoms with Crippen LogP contribution in [0.5, 0.6) is 0 Å². The number of hydrogen-bond donors (Lipinski definition) is 2. The molecule has 1 amide bonds. The van der Waals surface area contributed by atoms with Crippen LogP contribution in [0.15, 0.2) is 24.3 Å². The van der Waals surface area contributed by atoms with Gasteiger partial charge < -0.3 is 10.6 Å². The minimum Gasteiger partial charge on any atom is -0.353 e. The lowest BCUT2D eigenvalue weighted by Gasteiger charge is -2.12. The van der Waals surface area contributed by atoms with Crippen molar-refractivity contribution < 1.29 is 4.79 Å². The molecule has 1 saturated carbocycles. The fourth-order valence-electron chi connectivity index (χ4n) is 2.44. The zero-order valence-corrected chi connectivity index (χ0v) is 11.9. The summed E-state index contributed by atoms with van der Waals surface area (Å²) in [5, 5.41) is 7.11. The van der Waals surface area contributed by atoms with Crippen molar-refractivity contribution in [3.05, 3.63) is 34.9 Å². The number of carbonyl (C=O) groups is 1. The van der Waals surface area contributed by atoms with E-state index in [0.29, 0.717) is 25.6 Å². The molecule has 19 heavy (non-hydrogen) atoms. The van der Waals surface area contributed by atoms with Crippen LogP contribution in [0.4, 0.5) is 0 Å². The van der Waals surface area contributed by atoms with Crippen molar-refractivity contribution in [3.63, 3.8) is 0 Å². The first-order valence-electron chi connectivity index (χ1n) is 6.99. The van der Waals surface area contributed by atoms with Crippen LogP contribution in [0.25, 0.3) is 0 Å². The average Bonchev–Trinajstić information content (AvgIpc) is 2.89. The molecule has 0 aliphatic heterocycles. The molecule has 0 atom stereocenters. The Labute approximate surface area is 119 Å². The predicted octanol–water partition coefficient (Wildman–Crippen LogP) is 2.88. The number of benzene rings is 1. The van der Waals surface area contributed by atoms with Crippen LogP contribution in [-0.2, 0) is 11.3 Å². The van der Waals surface area contributed by atoms with E-state index < -0.39 is 0 Å². The quantitative estimate of drug-likeness (QED) is 0.787. The summed E-state index contributed by atoms with van der Waals surface area (Å²) >= 11 is 6.06. The highest BCUT2D eigenvalue weighted by atomic mass is 35.5. The normalized spacial score (nSPS) is 15.6. The molecule has 0 saturated heterocycles. The molecule has 1 aliphatic rings. The molecule has 1 fully saturated rings. The van der Waals surface area contributed by atoms with Gasteiger partial charge in [-0.3, -0.25) is 4.79 Å². The van der Waals surface area contributed by atoms with Gasteiger partial charge in [0.2, 0.25) is 5.91 Å². The second kappa shape index (κ2) is 7.51. The molecule has 1 aliphatic carbocycles. The van der Waals surface area contributed by atoms with Gasteiger partial charge in [-0.15, -0.1) is 0 Å². The van der Waals surface area contributed by atoms with E-state index >= 15 is 0 Å². The first-order valence-corrected chi connectivity index (χ1v) is 7.37. The Bertz CT molecular complexity index is 416. The van der Waals surface area contributed by atoms with E-state index in [4.69, 9.17) is 11.6 Å². The summed E-state index contributed by atoms with van der Waals surface area (Å²) in [6.45, 7) is 1.39. The van der Waals surface area contributed by atoms with Gasteiger partial charge in [0.25, 0.3) is 0 Å². The predicted molar refractivity (Wildman–Crippen MR) is 78.2 cm³/mol. The standard InChI is InChI=1S/C15H21ClN2O/c16-14-8-4-1-5-12(14)11-17-10-9-15(19)18-13-6-2-3-7-13/h1,4-5,8,13,17H,2-3,6-7,9-11H2,(H,18,19). The first-order chi connectivity index (χ1) is 9.25. The smallest absolute Gasteiger partial charge is 0.221 e. The van der Waals surface area contributed by atoms with E-state index in [0.717, 1.165) is 23.4 Å². The molecule has 0 aromatic heterocycles. The van der Waals surface area contributed by atoms with Crippen molar-refractivity contribution in [1.82, 2.24) is 10.6 Å². The van der Waals surface area contributed by atoms with Crippen LogP contribution in [0.3, 0.4) is 0 Å². The lowest BCUT2D eigenvalue weighted by Crippen LogP contribution is -2.34. The number of halogens is 1. The summed E-state index contributed by atoms with van der Waals surface area (Å²) in [5.41, 5.74) is 1.07. The minimum atomic E-state index is 0.151. The third-order valence-corrected chi connectivity index (χ3v) is 3.89. The summed E-state index contributed by atoms with van der Waals surface area (Å²) in [6, 6.07) is 8.17. The fourth-order valence-corrected chi connectivity index (χ4v) is 2.64. The van der Waals surface area contributed by atoms with Crippen molar-refractivity contribution in [2.45, 2.75) is 44.7 Å². The summed E-state index contributed by atoms with van der Waals surface area (Å²) in [7, 11) is 0. The van der Waals surface area contributed by atoms with Crippen molar-refractivity contribution in [2.24, 2.45) is 0 Å². The Morgan fingerprint density at radius 2 is 2.00 bits per heavy atom. The maximum Gasteiger partial charge on any atom is 0.221 e. The summed E-state index contributed by atoms with van der Waals surface area (Å²) < 4.78 is 0. The van der Waals surface area contributed by atoms with E-state index in [9.17, 15) is 4.79 Å². The van der Waals surface area contributed by atoms with Gasteiger partial charge in [-0.25, -0.2) is 0 Å². The third kappa shape index (κ3) is 4.84. The van der Waals surface area contributed by atoms with Crippen molar-refractivity contribution in [3.8, 4) is 0 Å². The zero-order chi connectivity index (χ0) is 13.5. The van der Waals surface area contributed by atoms with Crippen molar-refractivity contribution >= 4 is 17.5 Å². The highest BCUT2D eigenvalue weighted by molar-refractivity contribution is 6.31. The van der Waals surface area contributed by atoms with Gasteiger partial charge in [-0.1, -0.05) is 42.6 Å². The molecular formula is C15H21ClN2O. The Hall–Kier alpha value is -1.06. The topological polar surface area (TPSA) is 41.1 Å². The highest BCUT2D eigenvalue weighted by Crippen LogP contribution is 2.17. The molecule has 1 aromatic rings. The van der Waals surface area contributed by atoms with Crippen LogP contribution in [0.1, 0.15) is 37.7 Å². The van der Waals surface area contributed by atoms with E-state index in [1.54, 1.807) is 0 Å². The molecule has 0 heterocycles. The van der Waals surface area contributed by atoms with Crippen LogP contribution in [0, 0.1) is 0 Å². The van der Waals surface area contributed by atoms with Crippen LogP contribution >= 0.6 is 11.6 Å². The maximum atomic E-state index is 11.7. The number of nitrogens with one attached hydrogen (secondary N) is 2. The average molecular weight is 281 g/mol. The molecule has 0 unspecified atom stereocenters. The molecular weight excluding hydrogens is 260 g/mol. The Morgan fingerprint density at radius 1 is 1.26 bits per heavy atom. The van der Waals surface area contributed by atoms with E-state index in [2.05, 4.69) is 10.6 Å². The largest absolute Gasteiger partial charge is 0.353 e. The van der Waals surface area contributed by atoms with Gasteiger partial charge in [0.15, 0.2) is 0 Å². The molecule has 4 heteroatoms. The fraction of sp³-hybridized carbons (Fsp3) is 0.533. The first kappa shape index (κ1) is 14.4. The van der Waals surface area contributed by atoms with Gasteiger partial charge in [0, 0.05) is 30.6 Å². The molecule has 0 radical (unpaired) electrons. The van der Waals surface area contributed by atoms with Crippen LogP contribution in [0.2, 0.25) is 5.02 Å². The lowest BCUT2D eigenvalue weighted by molar-refractivity contribution is -0.121. The van der Waals surface area contributed by atoms with Crippen LogP contribution in [-0.4, -0.2) is 18.5 Å². The Morgan fingerprint density at radius 3 is 2.74 bits per heavy atom.